The number of nitrogens with zero attached hydrogens (tertiary/aromatic N) is 2. The molecule has 0 saturated carbocycles. The van der Waals surface area contributed by atoms with Gasteiger partial charge < -0.3 is 0 Å². The predicted molar refractivity (Wildman–Crippen MR) is 202 cm³/mol. The Morgan fingerprint density at radius 3 is 1.56 bits per heavy atom. The van der Waals surface area contributed by atoms with Gasteiger partial charge in [-0.05, 0) is 67.4 Å². The molecule has 2 nitrogen and oxygen atoms in total. The molecule has 0 fully saturated rings. The second-order valence-corrected chi connectivity index (χ2v) is 12.2. The molecule has 0 aliphatic rings. The van der Waals surface area contributed by atoms with Crippen LogP contribution in [0.15, 0.2) is 182 Å². The van der Waals surface area contributed by atoms with Gasteiger partial charge in [0.05, 0.1) is 11.4 Å². The van der Waals surface area contributed by atoms with E-state index in [1.165, 1.54) is 43.6 Å². The summed E-state index contributed by atoms with van der Waals surface area (Å²) in [6, 6.07) is 64.5. The molecule has 0 radical (unpaired) electrons. The smallest absolute Gasteiger partial charge is 0.161 e. The summed E-state index contributed by atoms with van der Waals surface area (Å²) in [5, 5.41) is 7.07. The van der Waals surface area contributed by atoms with Gasteiger partial charge in [0.25, 0.3) is 0 Å². The molecule has 0 aliphatic heterocycles. The van der Waals surface area contributed by atoms with Crippen LogP contribution in [0.5, 0.6) is 0 Å². The minimum absolute atomic E-state index is 0.724. The number of aromatic nitrogens is 2. The van der Waals surface area contributed by atoms with Crippen LogP contribution in [0.2, 0.25) is 0 Å². The summed E-state index contributed by atoms with van der Waals surface area (Å²) in [4.78, 5) is 10.7. The standard InChI is InChI=1S/C46H30N2/c1-3-12-31(13-4-1)32-22-24-33(25-23-32)36-18-11-19-38(28-36)43-30-42(35-15-5-2-6-16-35)47-46(48-43)45-41-21-10-8-17-37(41)29-39-27-26-34-14-7-9-20-40(34)44(39)45/h1-30H. The van der Waals surface area contributed by atoms with E-state index in [0.29, 0.717) is 0 Å². The van der Waals surface area contributed by atoms with E-state index >= 15 is 0 Å². The van der Waals surface area contributed by atoms with Gasteiger partial charge >= 0.3 is 0 Å². The molecule has 0 amide bonds. The Hall–Kier alpha value is -6.38. The maximum Gasteiger partial charge on any atom is 0.161 e. The molecule has 9 aromatic rings. The van der Waals surface area contributed by atoms with Crippen molar-refractivity contribution in [3.8, 4) is 56.2 Å². The first-order valence-electron chi connectivity index (χ1n) is 16.3. The number of hydrogen-bond donors (Lipinski definition) is 0. The lowest BCUT2D eigenvalue weighted by Crippen LogP contribution is -1.98. The summed E-state index contributed by atoms with van der Waals surface area (Å²) in [6.07, 6.45) is 0. The Balaban J connectivity index is 1.26. The molecule has 224 valence electrons. The first-order valence-corrected chi connectivity index (χ1v) is 16.3. The van der Waals surface area contributed by atoms with Crippen LogP contribution in [-0.2, 0) is 0 Å². The van der Waals surface area contributed by atoms with Crippen molar-refractivity contribution in [3.63, 3.8) is 0 Å². The summed E-state index contributed by atoms with van der Waals surface area (Å²) in [5.41, 5.74) is 9.70. The van der Waals surface area contributed by atoms with E-state index in [2.05, 4.69) is 176 Å². The molecule has 0 unspecified atom stereocenters. The summed E-state index contributed by atoms with van der Waals surface area (Å²) in [5.74, 6) is 0.724. The quantitative estimate of drug-likeness (QED) is 0.143. The highest BCUT2D eigenvalue weighted by atomic mass is 14.9. The number of benzene rings is 8. The second kappa shape index (κ2) is 11.8. The van der Waals surface area contributed by atoms with Crippen LogP contribution >= 0.6 is 0 Å². The first kappa shape index (κ1) is 27.9. The van der Waals surface area contributed by atoms with Gasteiger partial charge in [-0.15, -0.1) is 0 Å². The molecule has 0 N–H and O–H groups in total. The van der Waals surface area contributed by atoms with E-state index in [9.17, 15) is 0 Å². The van der Waals surface area contributed by atoms with Crippen LogP contribution in [0.25, 0.3) is 88.5 Å². The highest BCUT2D eigenvalue weighted by Gasteiger charge is 2.18. The third kappa shape index (κ3) is 5.01. The lowest BCUT2D eigenvalue weighted by molar-refractivity contribution is 1.19. The SMILES string of the molecule is c1ccc(-c2ccc(-c3cccc(-c4cc(-c5ccccc5)nc(-c5c6ccccc6cc6ccc7ccccc7c56)n4)c3)cc2)cc1. The zero-order valence-corrected chi connectivity index (χ0v) is 26.2. The predicted octanol–water partition coefficient (Wildman–Crippen LogP) is 12.3. The van der Waals surface area contributed by atoms with Gasteiger partial charge in [0.1, 0.15) is 0 Å². The zero-order chi connectivity index (χ0) is 31.9. The largest absolute Gasteiger partial charge is 0.228 e. The molecule has 8 aromatic carbocycles. The van der Waals surface area contributed by atoms with E-state index in [1.807, 2.05) is 6.07 Å². The van der Waals surface area contributed by atoms with E-state index < -0.39 is 0 Å². The third-order valence-corrected chi connectivity index (χ3v) is 9.26. The van der Waals surface area contributed by atoms with Gasteiger partial charge in [0.15, 0.2) is 5.82 Å². The molecule has 1 aromatic heterocycles. The van der Waals surface area contributed by atoms with Crippen LogP contribution in [-0.4, -0.2) is 9.97 Å². The Morgan fingerprint density at radius 2 is 0.812 bits per heavy atom. The highest BCUT2D eigenvalue weighted by molar-refractivity contribution is 6.21. The van der Waals surface area contributed by atoms with Crippen LogP contribution in [0.3, 0.4) is 0 Å². The lowest BCUT2D eigenvalue weighted by Gasteiger charge is -2.16. The normalized spacial score (nSPS) is 11.3. The topological polar surface area (TPSA) is 25.8 Å². The maximum absolute atomic E-state index is 5.38. The Labute approximate surface area is 279 Å². The Kier molecular flexibility index (Phi) is 6.84. The number of fused-ring (bicyclic) bond motifs is 4. The average Bonchev–Trinajstić information content (AvgIpc) is 3.17. The second-order valence-electron chi connectivity index (χ2n) is 12.2. The fraction of sp³-hybridized carbons (Fsp3) is 0. The van der Waals surface area contributed by atoms with Gasteiger partial charge in [0.2, 0.25) is 0 Å². The Bertz CT molecular complexity index is 2590. The fourth-order valence-corrected chi connectivity index (χ4v) is 6.88. The van der Waals surface area contributed by atoms with Crippen molar-refractivity contribution < 1.29 is 0 Å². The van der Waals surface area contributed by atoms with Gasteiger partial charge in [-0.2, -0.15) is 0 Å². The molecule has 9 rings (SSSR count). The molecule has 0 saturated heterocycles. The first-order chi connectivity index (χ1) is 23.8. The summed E-state index contributed by atoms with van der Waals surface area (Å²) in [7, 11) is 0. The van der Waals surface area contributed by atoms with E-state index in [-0.39, 0.29) is 0 Å². The van der Waals surface area contributed by atoms with Gasteiger partial charge in [-0.25, -0.2) is 9.97 Å². The van der Waals surface area contributed by atoms with Crippen molar-refractivity contribution in [2.75, 3.05) is 0 Å². The zero-order valence-electron chi connectivity index (χ0n) is 26.2. The van der Waals surface area contributed by atoms with Crippen LogP contribution in [0.4, 0.5) is 0 Å². The van der Waals surface area contributed by atoms with Crippen LogP contribution < -0.4 is 0 Å². The maximum atomic E-state index is 5.38. The summed E-state index contributed by atoms with van der Waals surface area (Å²) >= 11 is 0. The molecule has 2 heteroatoms. The van der Waals surface area contributed by atoms with Crippen molar-refractivity contribution in [2.45, 2.75) is 0 Å². The minimum atomic E-state index is 0.724. The van der Waals surface area contributed by atoms with Crippen molar-refractivity contribution in [3.05, 3.63) is 182 Å². The van der Waals surface area contributed by atoms with Crippen molar-refractivity contribution in [2.24, 2.45) is 0 Å². The van der Waals surface area contributed by atoms with Crippen molar-refractivity contribution in [1.29, 1.82) is 0 Å². The third-order valence-electron chi connectivity index (χ3n) is 9.26. The van der Waals surface area contributed by atoms with E-state index in [4.69, 9.17) is 9.97 Å². The Morgan fingerprint density at radius 1 is 0.292 bits per heavy atom. The molecule has 0 aliphatic carbocycles. The highest BCUT2D eigenvalue weighted by Crippen LogP contribution is 2.40. The van der Waals surface area contributed by atoms with Gasteiger partial charge in [-0.3, -0.25) is 0 Å². The fourth-order valence-electron chi connectivity index (χ4n) is 6.88. The molecule has 48 heavy (non-hydrogen) atoms. The molecule has 0 atom stereocenters. The van der Waals surface area contributed by atoms with E-state index in [1.54, 1.807) is 0 Å². The van der Waals surface area contributed by atoms with Gasteiger partial charge in [0, 0.05) is 22.1 Å². The monoisotopic (exact) mass is 610 g/mol. The lowest BCUT2D eigenvalue weighted by atomic mass is 9.92. The molecular weight excluding hydrogens is 581 g/mol. The summed E-state index contributed by atoms with van der Waals surface area (Å²) in [6.45, 7) is 0. The number of rotatable bonds is 5. The van der Waals surface area contributed by atoms with Gasteiger partial charge in [-0.1, -0.05) is 164 Å². The summed E-state index contributed by atoms with van der Waals surface area (Å²) < 4.78 is 0. The number of hydrogen-bond acceptors (Lipinski definition) is 2. The van der Waals surface area contributed by atoms with Crippen molar-refractivity contribution >= 4 is 32.3 Å². The average molecular weight is 611 g/mol. The van der Waals surface area contributed by atoms with Crippen LogP contribution in [0.1, 0.15) is 0 Å². The van der Waals surface area contributed by atoms with Crippen molar-refractivity contribution in [1.82, 2.24) is 9.97 Å². The molecule has 0 bridgehead atoms. The minimum Gasteiger partial charge on any atom is -0.228 e. The van der Waals surface area contributed by atoms with E-state index in [0.717, 1.165) is 44.9 Å². The molecule has 0 spiro atoms. The molecular formula is C46H30N2. The van der Waals surface area contributed by atoms with Crippen LogP contribution in [0, 0.1) is 0 Å². The molecule has 1 heterocycles.